The van der Waals surface area contributed by atoms with Gasteiger partial charge in [0.15, 0.2) is 0 Å². The normalized spacial score (nSPS) is 20.7. The van der Waals surface area contributed by atoms with E-state index in [-0.39, 0.29) is 11.7 Å². The van der Waals surface area contributed by atoms with E-state index in [1.807, 2.05) is 0 Å². The number of halogens is 3. The van der Waals surface area contributed by atoms with Gasteiger partial charge in [0.1, 0.15) is 17.3 Å². The van der Waals surface area contributed by atoms with Gasteiger partial charge in [-0.25, -0.2) is 8.78 Å². The third-order valence-corrected chi connectivity index (χ3v) is 4.17. The second kappa shape index (κ2) is 7.36. The van der Waals surface area contributed by atoms with Gasteiger partial charge in [-0.05, 0) is 50.9 Å². The van der Waals surface area contributed by atoms with Crippen LogP contribution in [0.1, 0.15) is 32.6 Å². The molecule has 0 radical (unpaired) electrons. The van der Waals surface area contributed by atoms with Crippen LogP contribution in [-0.4, -0.2) is 30.6 Å². The molecule has 0 bridgehead atoms. The van der Waals surface area contributed by atoms with Gasteiger partial charge in [0.25, 0.3) is 0 Å². The van der Waals surface area contributed by atoms with Crippen LogP contribution in [0.15, 0.2) is 16.6 Å². The van der Waals surface area contributed by atoms with Crippen LogP contribution in [-0.2, 0) is 0 Å². The van der Waals surface area contributed by atoms with Gasteiger partial charge in [-0.15, -0.1) is 0 Å². The first-order valence-electron chi connectivity index (χ1n) is 7.23. The minimum absolute atomic E-state index is 0.00198. The molecule has 2 rings (SSSR count). The number of nitrogens with one attached hydrogen (secondary N) is 1. The van der Waals surface area contributed by atoms with E-state index in [2.05, 4.69) is 33.1 Å². The molecule has 1 aromatic rings. The average molecular weight is 347 g/mol. The van der Waals surface area contributed by atoms with E-state index in [4.69, 9.17) is 0 Å². The van der Waals surface area contributed by atoms with Crippen molar-refractivity contribution < 1.29 is 8.78 Å². The van der Waals surface area contributed by atoms with Crippen molar-refractivity contribution in [2.75, 3.05) is 25.0 Å². The molecule has 1 aliphatic rings. The fourth-order valence-electron chi connectivity index (χ4n) is 2.72. The summed E-state index contributed by atoms with van der Waals surface area (Å²) in [5.74, 6) is -1.07. The van der Waals surface area contributed by atoms with Crippen molar-refractivity contribution in [3.8, 4) is 0 Å². The lowest BCUT2D eigenvalue weighted by molar-refractivity contribution is 0.285. The summed E-state index contributed by atoms with van der Waals surface area (Å²) in [5, 5.41) is 3.05. The van der Waals surface area contributed by atoms with Crippen LogP contribution in [0.3, 0.4) is 0 Å². The van der Waals surface area contributed by atoms with E-state index in [0.29, 0.717) is 4.47 Å². The fraction of sp³-hybridized carbons (Fsp3) is 0.600. The lowest BCUT2D eigenvalue weighted by Crippen LogP contribution is -2.27. The first kappa shape index (κ1) is 15.7. The molecule has 2 nitrogen and oxygen atoms in total. The van der Waals surface area contributed by atoms with Crippen molar-refractivity contribution in [3.05, 3.63) is 28.2 Å². The molecule has 20 heavy (non-hydrogen) atoms. The van der Waals surface area contributed by atoms with Crippen molar-refractivity contribution in [1.82, 2.24) is 4.90 Å². The summed E-state index contributed by atoms with van der Waals surface area (Å²) in [5.41, 5.74) is 0.00198. The number of likely N-dealkylation sites (tertiary alicyclic amines) is 1. The number of nitrogens with zero attached hydrogens (tertiary/aromatic N) is 1. The third-order valence-electron chi connectivity index (χ3n) is 3.72. The van der Waals surface area contributed by atoms with Crippen molar-refractivity contribution in [3.63, 3.8) is 0 Å². The van der Waals surface area contributed by atoms with Gasteiger partial charge in [-0.3, -0.25) is 0 Å². The molecule has 1 fully saturated rings. The Morgan fingerprint density at radius 2 is 1.95 bits per heavy atom. The van der Waals surface area contributed by atoms with Crippen LogP contribution in [0.25, 0.3) is 0 Å². The van der Waals surface area contributed by atoms with E-state index in [0.717, 1.165) is 45.3 Å². The monoisotopic (exact) mass is 346 g/mol. The van der Waals surface area contributed by atoms with Crippen molar-refractivity contribution >= 4 is 21.6 Å². The lowest BCUT2D eigenvalue weighted by atomic mass is 10.1. The average Bonchev–Trinajstić information content (AvgIpc) is 2.60. The summed E-state index contributed by atoms with van der Waals surface area (Å²) in [4.78, 5) is 2.43. The summed E-state index contributed by atoms with van der Waals surface area (Å²) in [6, 6.07) is 2.74. The maximum atomic E-state index is 13.8. The first-order valence-corrected chi connectivity index (χ1v) is 8.03. The highest BCUT2D eigenvalue weighted by molar-refractivity contribution is 9.10. The Hall–Kier alpha value is -0.680. The number of hydrogen-bond donors (Lipinski definition) is 1. The molecule has 0 aromatic heterocycles. The van der Waals surface area contributed by atoms with Crippen molar-refractivity contribution in [2.24, 2.45) is 0 Å². The van der Waals surface area contributed by atoms with Crippen molar-refractivity contribution in [2.45, 2.75) is 38.6 Å². The molecule has 1 saturated heterocycles. The summed E-state index contributed by atoms with van der Waals surface area (Å²) < 4.78 is 28.1. The van der Waals surface area contributed by atoms with Gasteiger partial charge in [-0.1, -0.05) is 22.9 Å². The molecule has 112 valence electrons. The van der Waals surface area contributed by atoms with Crippen LogP contribution >= 0.6 is 15.9 Å². The van der Waals surface area contributed by atoms with Crippen LogP contribution in [0.4, 0.5) is 14.5 Å². The summed E-state index contributed by atoms with van der Waals surface area (Å²) in [7, 11) is 0. The predicted molar refractivity (Wildman–Crippen MR) is 82.1 cm³/mol. The Labute approximate surface area is 127 Å². The zero-order chi connectivity index (χ0) is 14.5. The maximum absolute atomic E-state index is 13.8. The van der Waals surface area contributed by atoms with E-state index in [1.165, 1.54) is 12.1 Å². The topological polar surface area (TPSA) is 15.3 Å². The predicted octanol–water partition coefficient (Wildman–Crippen LogP) is 4.40. The van der Waals surface area contributed by atoms with E-state index in [9.17, 15) is 8.78 Å². The highest BCUT2D eigenvalue weighted by atomic mass is 79.9. The minimum Gasteiger partial charge on any atom is -0.378 e. The summed E-state index contributed by atoms with van der Waals surface area (Å²) in [6.07, 6.45) is 4.09. The largest absolute Gasteiger partial charge is 0.378 e. The molecule has 5 heteroatoms. The molecular formula is C15H21BrF2N2. The molecule has 1 atom stereocenters. The summed E-state index contributed by atoms with van der Waals surface area (Å²) >= 11 is 3.10. The quantitative estimate of drug-likeness (QED) is 0.868. The molecule has 1 unspecified atom stereocenters. The Bertz CT molecular complexity index is 430. The van der Waals surface area contributed by atoms with Gasteiger partial charge in [-0.2, -0.15) is 0 Å². The zero-order valence-corrected chi connectivity index (χ0v) is 13.3. The molecular weight excluding hydrogens is 326 g/mol. The molecule has 0 spiro atoms. The Morgan fingerprint density at radius 1 is 1.25 bits per heavy atom. The second-order valence-corrected chi connectivity index (χ2v) is 6.27. The van der Waals surface area contributed by atoms with Crippen LogP contribution < -0.4 is 5.32 Å². The zero-order valence-electron chi connectivity index (χ0n) is 11.8. The van der Waals surface area contributed by atoms with E-state index >= 15 is 0 Å². The van der Waals surface area contributed by atoms with Crippen LogP contribution in [0.2, 0.25) is 0 Å². The van der Waals surface area contributed by atoms with Crippen molar-refractivity contribution in [1.29, 1.82) is 0 Å². The summed E-state index contributed by atoms with van der Waals surface area (Å²) in [6.45, 7) is 5.35. The van der Waals surface area contributed by atoms with Gasteiger partial charge in [0.05, 0.1) is 0 Å². The molecule has 0 amide bonds. The number of benzene rings is 1. The second-order valence-electron chi connectivity index (χ2n) is 5.36. The van der Waals surface area contributed by atoms with Gasteiger partial charge in [0, 0.05) is 17.1 Å². The van der Waals surface area contributed by atoms with Gasteiger partial charge < -0.3 is 10.2 Å². The van der Waals surface area contributed by atoms with E-state index in [1.54, 1.807) is 0 Å². The Balaban J connectivity index is 2.00. The number of hydrogen-bond acceptors (Lipinski definition) is 2. The van der Waals surface area contributed by atoms with E-state index < -0.39 is 11.6 Å². The Kier molecular flexibility index (Phi) is 5.78. The highest BCUT2D eigenvalue weighted by Gasteiger charge is 2.19. The maximum Gasteiger partial charge on any atom is 0.150 e. The van der Waals surface area contributed by atoms with Gasteiger partial charge in [0.2, 0.25) is 0 Å². The SMILES string of the molecule is CCCN1CCCC(Nc2c(F)cc(Br)cc2F)CC1. The molecule has 1 aliphatic heterocycles. The molecule has 1 N–H and O–H groups in total. The third kappa shape index (κ3) is 4.16. The number of rotatable bonds is 4. The highest BCUT2D eigenvalue weighted by Crippen LogP contribution is 2.26. The smallest absolute Gasteiger partial charge is 0.150 e. The first-order chi connectivity index (χ1) is 9.60. The number of anilines is 1. The minimum atomic E-state index is -0.536. The van der Waals surface area contributed by atoms with Crippen LogP contribution in [0, 0.1) is 11.6 Å². The molecule has 1 heterocycles. The molecule has 1 aromatic carbocycles. The lowest BCUT2D eigenvalue weighted by Gasteiger charge is -2.20. The van der Waals surface area contributed by atoms with Gasteiger partial charge >= 0.3 is 0 Å². The Morgan fingerprint density at radius 3 is 2.60 bits per heavy atom. The molecule has 0 saturated carbocycles. The molecule has 0 aliphatic carbocycles. The fourth-order valence-corrected chi connectivity index (χ4v) is 3.13. The van der Waals surface area contributed by atoms with Crippen LogP contribution in [0.5, 0.6) is 0 Å². The standard InChI is InChI=1S/C15H21BrF2N2/c1-2-6-20-7-3-4-12(5-8-20)19-15-13(17)9-11(16)10-14(15)18/h9-10,12,19H,2-8H2,1H3.